The summed E-state index contributed by atoms with van der Waals surface area (Å²) in [6.07, 6.45) is -0.520. The van der Waals surface area contributed by atoms with Gasteiger partial charge in [-0.2, -0.15) is 4.31 Å². The Bertz CT molecular complexity index is 638. The Balaban J connectivity index is 1.97. The van der Waals surface area contributed by atoms with E-state index in [-0.39, 0.29) is 0 Å². The first-order valence-electron chi connectivity index (χ1n) is 5.91. The number of benzene rings is 1. The zero-order chi connectivity index (χ0) is 13.3. The number of thiophene rings is 1. The molecule has 1 aliphatic rings. The third-order valence-corrected chi connectivity index (χ3v) is 6.21. The normalized spacial score (nSPS) is 20.7. The number of nitrogens with zero attached hydrogens (tertiary/aromatic N) is 1. The summed E-state index contributed by atoms with van der Waals surface area (Å²) < 4.78 is 32.4. The van der Waals surface area contributed by atoms with Gasteiger partial charge in [-0.05, 0) is 17.0 Å². The van der Waals surface area contributed by atoms with Crippen LogP contribution in [0.4, 0.5) is 0 Å². The van der Waals surface area contributed by atoms with Crippen molar-refractivity contribution in [3.63, 3.8) is 0 Å². The molecule has 0 saturated carbocycles. The van der Waals surface area contributed by atoms with Crippen molar-refractivity contribution in [3.05, 3.63) is 53.4 Å². The lowest BCUT2D eigenvalue weighted by Gasteiger charge is -2.22. The highest BCUT2D eigenvalue weighted by Gasteiger charge is 2.37. The maximum absolute atomic E-state index is 12.5. The molecule has 0 aliphatic carbocycles. The minimum absolute atomic E-state index is 0.360. The molecule has 19 heavy (non-hydrogen) atoms. The second-order valence-corrected chi connectivity index (χ2v) is 7.25. The van der Waals surface area contributed by atoms with Crippen molar-refractivity contribution in [2.45, 2.75) is 10.4 Å². The van der Waals surface area contributed by atoms with Crippen LogP contribution in [0.3, 0.4) is 0 Å². The van der Waals surface area contributed by atoms with Gasteiger partial charge in [0, 0.05) is 6.54 Å². The van der Waals surface area contributed by atoms with Gasteiger partial charge in [0.1, 0.15) is 10.4 Å². The quantitative estimate of drug-likeness (QED) is 0.874. The van der Waals surface area contributed by atoms with Crippen LogP contribution in [-0.4, -0.2) is 25.9 Å². The Morgan fingerprint density at radius 3 is 2.63 bits per heavy atom. The SMILES string of the molecule is O=S(=O)(c1cccs1)N1CCOC1c1ccccc1. The zero-order valence-electron chi connectivity index (χ0n) is 10.1. The standard InChI is InChI=1S/C13H13NO3S2/c15-19(16,12-7-4-10-18-12)14-8-9-17-13(14)11-5-2-1-3-6-11/h1-7,10,13H,8-9H2. The second kappa shape index (κ2) is 5.05. The molecule has 1 aromatic carbocycles. The van der Waals surface area contributed by atoms with Gasteiger partial charge in [0.05, 0.1) is 6.61 Å². The molecule has 2 heterocycles. The minimum atomic E-state index is -3.47. The lowest BCUT2D eigenvalue weighted by atomic mass is 10.2. The third-order valence-electron chi connectivity index (χ3n) is 2.99. The third kappa shape index (κ3) is 2.32. The van der Waals surface area contributed by atoms with E-state index in [0.717, 1.165) is 5.56 Å². The highest BCUT2D eigenvalue weighted by Crippen LogP contribution is 2.33. The Hall–Kier alpha value is -1.21. The average molecular weight is 295 g/mol. The molecule has 0 N–H and O–H groups in total. The fourth-order valence-electron chi connectivity index (χ4n) is 2.11. The highest BCUT2D eigenvalue weighted by atomic mass is 32.2. The predicted octanol–water partition coefficient (Wildman–Crippen LogP) is 2.47. The molecule has 1 atom stereocenters. The molecule has 0 bridgehead atoms. The monoisotopic (exact) mass is 295 g/mol. The Morgan fingerprint density at radius 1 is 1.16 bits per heavy atom. The van der Waals surface area contributed by atoms with Crippen LogP contribution in [0.5, 0.6) is 0 Å². The van der Waals surface area contributed by atoms with Crippen LogP contribution < -0.4 is 0 Å². The maximum atomic E-state index is 12.5. The van der Waals surface area contributed by atoms with E-state index in [2.05, 4.69) is 0 Å². The number of ether oxygens (including phenoxy) is 1. The van der Waals surface area contributed by atoms with Crippen molar-refractivity contribution in [2.75, 3.05) is 13.2 Å². The molecule has 4 nitrogen and oxygen atoms in total. The van der Waals surface area contributed by atoms with E-state index < -0.39 is 16.3 Å². The van der Waals surface area contributed by atoms with Crippen LogP contribution in [0.15, 0.2) is 52.1 Å². The molecular formula is C13H13NO3S2. The molecule has 1 saturated heterocycles. The summed E-state index contributed by atoms with van der Waals surface area (Å²) >= 11 is 1.23. The van der Waals surface area contributed by atoms with Crippen LogP contribution in [0.2, 0.25) is 0 Å². The van der Waals surface area contributed by atoms with Gasteiger partial charge < -0.3 is 4.74 Å². The summed E-state index contributed by atoms with van der Waals surface area (Å²) in [7, 11) is -3.47. The van der Waals surface area contributed by atoms with E-state index in [1.165, 1.54) is 15.6 Å². The van der Waals surface area contributed by atoms with E-state index in [0.29, 0.717) is 17.4 Å². The van der Waals surface area contributed by atoms with Crippen LogP contribution in [0.1, 0.15) is 11.8 Å². The molecule has 1 aliphatic heterocycles. The number of sulfonamides is 1. The fraction of sp³-hybridized carbons (Fsp3) is 0.231. The largest absolute Gasteiger partial charge is 0.356 e. The van der Waals surface area contributed by atoms with Crippen molar-refractivity contribution >= 4 is 21.4 Å². The van der Waals surface area contributed by atoms with Crippen LogP contribution in [0, 0.1) is 0 Å². The van der Waals surface area contributed by atoms with Crippen molar-refractivity contribution in [3.8, 4) is 0 Å². The molecule has 6 heteroatoms. The van der Waals surface area contributed by atoms with E-state index in [1.54, 1.807) is 17.5 Å². The number of hydrogen-bond acceptors (Lipinski definition) is 4. The first-order valence-corrected chi connectivity index (χ1v) is 8.23. The molecule has 1 aromatic heterocycles. The van der Waals surface area contributed by atoms with Gasteiger partial charge in [-0.1, -0.05) is 36.4 Å². The van der Waals surface area contributed by atoms with Gasteiger partial charge in [-0.3, -0.25) is 0 Å². The van der Waals surface area contributed by atoms with Crippen LogP contribution in [-0.2, 0) is 14.8 Å². The first-order chi connectivity index (χ1) is 9.19. The van der Waals surface area contributed by atoms with Gasteiger partial charge in [0.25, 0.3) is 10.0 Å². The van der Waals surface area contributed by atoms with Gasteiger partial charge in [-0.25, -0.2) is 8.42 Å². The van der Waals surface area contributed by atoms with Gasteiger partial charge in [0.15, 0.2) is 0 Å². The Labute approximate surface area is 116 Å². The topological polar surface area (TPSA) is 46.6 Å². The van der Waals surface area contributed by atoms with Crippen molar-refractivity contribution in [1.29, 1.82) is 0 Å². The maximum Gasteiger partial charge on any atom is 0.255 e. The van der Waals surface area contributed by atoms with Crippen molar-refractivity contribution < 1.29 is 13.2 Å². The Morgan fingerprint density at radius 2 is 1.95 bits per heavy atom. The number of rotatable bonds is 3. The Kier molecular flexibility index (Phi) is 3.40. The molecule has 0 radical (unpaired) electrons. The second-order valence-electron chi connectivity index (χ2n) is 4.18. The summed E-state index contributed by atoms with van der Waals surface area (Å²) in [4.78, 5) is 0. The van der Waals surface area contributed by atoms with Crippen LogP contribution >= 0.6 is 11.3 Å². The summed E-state index contributed by atoms with van der Waals surface area (Å²) in [6.45, 7) is 0.809. The summed E-state index contributed by atoms with van der Waals surface area (Å²) in [5.41, 5.74) is 0.861. The van der Waals surface area contributed by atoms with E-state index in [9.17, 15) is 8.42 Å². The van der Waals surface area contributed by atoms with Gasteiger partial charge in [0.2, 0.25) is 0 Å². The molecule has 3 rings (SSSR count). The lowest BCUT2D eigenvalue weighted by Crippen LogP contribution is -2.30. The molecular weight excluding hydrogens is 282 g/mol. The van der Waals surface area contributed by atoms with E-state index >= 15 is 0 Å². The molecule has 1 unspecified atom stereocenters. The average Bonchev–Trinajstić information content (AvgIpc) is 3.11. The molecule has 2 aromatic rings. The molecule has 100 valence electrons. The molecule has 0 amide bonds. The van der Waals surface area contributed by atoms with Crippen molar-refractivity contribution in [1.82, 2.24) is 4.31 Å². The zero-order valence-corrected chi connectivity index (χ0v) is 11.7. The molecule has 0 spiro atoms. The predicted molar refractivity (Wildman–Crippen MR) is 73.3 cm³/mol. The minimum Gasteiger partial charge on any atom is -0.356 e. The fourth-order valence-corrected chi connectivity index (χ4v) is 4.73. The van der Waals surface area contributed by atoms with Crippen LogP contribution in [0.25, 0.3) is 0 Å². The molecule has 1 fully saturated rings. The van der Waals surface area contributed by atoms with E-state index in [1.807, 2.05) is 30.3 Å². The van der Waals surface area contributed by atoms with Gasteiger partial charge in [-0.15, -0.1) is 11.3 Å². The van der Waals surface area contributed by atoms with Gasteiger partial charge >= 0.3 is 0 Å². The highest BCUT2D eigenvalue weighted by molar-refractivity contribution is 7.91. The number of hydrogen-bond donors (Lipinski definition) is 0. The summed E-state index contributed by atoms with van der Waals surface area (Å²) in [5.74, 6) is 0. The summed E-state index contributed by atoms with van der Waals surface area (Å²) in [6, 6.07) is 12.8. The lowest BCUT2D eigenvalue weighted by molar-refractivity contribution is 0.0684. The van der Waals surface area contributed by atoms with E-state index in [4.69, 9.17) is 4.74 Å². The summed E-state index contributed by atoms with van der Waals surface area (Å²) in [5, 5.41) is 1.77. The van der Waals surface area contributed by atoms with Crippen molar-refractivity contribution in [2.24, 2.45) is 0 Å². The first kappa shape index (κ1) is 12.8. The smallest absolute Gasteiger partial charge is 0.255 e.